The standard InChI is InChI=1S/C20H20FN3O/c1-24(2)19-9-8-14(11-17(19)21)10-15-12-18(23-13-22-15)16-6-4-5-7-20(16)25-3/h4-9,11-13H,10H2,1-3H3. The van der Waals surface area contributed by atoms with Gasteiger partial charge >= 0.3 is 0 Å². The van der Waals surface area contributed by atoms with Crippen LogP contribution in [0, 0.1) is 5.82 Å². The predicted octanol–water partition coefficient (Wildman–Crippen LogP) is 3.95. The molecule has 0 aliphatic rings. The van der Waals surface area contributed by atoms with Gasteiger partial charge in [0, 0.05) is 31.8 Å². The number of ether oxygens (including phenoxy) is 1. The zero-order valence-corrected chi connectivity index (χ0v) is 14.5. The quantitative estimate of drug-likeness (QED) is 0.707. The number of nitrogens with zero attached hydrogens (tertiary/aromatic N) is 3. The molecule has 25 heavy (non-hydrogen) atoms. The summed E-state index contributed by atoms with van der Waals surface area (Å²) in [6.45, 7) is 0. The maximum Gasteiger partial charge on any atom is 0.146 e. The van der Waals surface area contributed by atoms with Crippen molar-refractivity contribution in [1.29, 1.82) is 0 Å². The number of methoxy groups -OCH3 is 1. The lowest BCUT2D eigenvalue weighted by Crippen LogP contribution is -2.10. The third-order valence-electron chi connectivity index (χ3n) is 3.99. The van der Waals surface area contributed by atoms with Crippen LogP contribution in [0.5, 0.6) is 5.75 Å². The number of aromatic nitrogens is 2. The average molecular weight is 337 g/mol. The Morgan fingerprint density at radius 3 is 2.56 bits per heavy atom. The molecule has 128 valence electrons. The smallest absolute Gasteiger partial charge is 0.146 e. The van der Waals surface area contributed by atoms with E-state index in [2.05, 4.69) is 9.97 Å². The average Bonchev–Trinajstić information content (AvgIpc) is 2.61. The number of benzene rings is 2. The highest BCUT2D eigenvalue weighted by molar-refractivity contribution is 5.67. The van der Waals surface area contributed by atoms with E-state index in [1.54, 1.807) is 24.1 Å². The number of hydrogen-bond acceptors (Lipinski definition) is 4. The Bertz CT molecular complexity index is 880. The molecule has 1 aromatic heterocycles. The molecule has 1 heterocycles. The van der Waals surface area contributed by atoms with E-state index in [0.29, 0.717) is 12.1 Å². The first kappa shape index (κ1) is 16.9. The van der Waals surface area contributed by atoms with Gasteiger partial charge in [0.15, 0.2) is 0 Å². The van der Waals surface area contributed by atoms with Gasteiger partial charge in [-0.3, -0.25) is 0 Å². The van der Waals surface area contributed by atoms with Crippen LogP contribution in [-0.4, -0.2) is 31.2 Å². The lowest BCUT2D eigenvalue weighted by atomic mass is 10.1. The van der Waals surface area contributed by atoms with Crippen molar-refractivity contribution in [3.63, 3.8) is 0 Å². The van der Waals surface area contributed by atoms with Crippen LogP contribution in [-0.2, 0) is 6.42 Å². The minimum Gasteiger partial charge on any atom is -0.496 e. The molecule has 0 spiro atoms. The fraction of sp³-hybridized carbons (Fsp3) is 0.200. The van der Waals surface area contributed by atoms with Gasteiger partial charge in [0.05, 0.1) is 18.5 Å². The summed E-state index contributed by atoms with van der Waals surface area (Å²) in [7, 11) is 5.28. The van der Waals surface area contributed by atoms with Gasteiger partial charge < -0.3 is 9.64 Å². The zero-order valence-electron chi connectivity index (χ0n) is 14.5. The Morgan fingerprint density at radius 1 is 1.04 bits per heavy atom. The van der Waals surface area contributed by atoms with E-state index in [1.807, 2.05) is 50.5 Å². The molecule has 2 aromatic carbocycles. The molecule has 0 radical (unpaired) electrons. The molecular formula is C20H20FN3O. The molecule has 0 saturated carbocycles. The molecule has 0 atom stereocenters. The largest absolute Gasteiger partial charge is 0.496 e. The monoisotopic (exact) mass is 337 g/mol. The summed E-state index contributed by atoms with van der Waals surface area (Å²) in [6, 6.07) is 14.9. The van der Waals surface area contributed by atoms with Crippen molar-refractivity contribution in [3.05, 3.63) is 71.9 Å². The van der Waals surface area contributed by atoms with E-state index >= 15 is 0 Å². The molecule has 0 aliphatic carbocycles. The van der Waals surface area contributed by atoms with Crippen LogP contribution < -0.4 is 9.64 Å². The molecule has 5 heteroatoms. The van der Waals surface area contributed by atoms with Crippen LogP contribution in [0.15, 0.2) is 54.9 Å². The highest BCUT2D eigenvalue weighted by Crippen LogP contribution is 2.28. The number of para-hydroxylation sites is 1. The van der Waals surface area contributed by atoms with Gasteiger partial charge in [-0.1, -0.05) is 18.2 Å². The number of anilines is 1. The van der Waals surface area contributed by atoms with Crippen molar-refractivity contribution in [1.82, 2.24) is 9.97 Å². The van der Waals surface area contributed by atoms with Gasteiger partial charge in [0.1, 0.15) is 17.9 Å². The van der Waals surface area contributed by atoms with E-state index in [4.69, 9.17) is 4.74 Å². The maximum atomic E-state index is 14.2. The van der Waals surface area contributed by atoms with Gasteiger partial charge in [-0.25, -0.2) is 14.4 Å². The Hall–Kier alpha value is -2.95. The Labute approximate surface area is 146 Å². The second-order valence-corrected chi connectivity index (χ2v) is 5.95. The van der Waals surface area contributed by atoms with Crippen molar-refractivity contribution in [2.45, 2.75) is 6.42 Å². The molecular weight excluding hydrogens is 317 g/mol. The molecule has 0 bridgehead atoms. The minimum absolute atomic E-state index is 0.235. The summed E-state index contributed by atoms with van der Waals surface area (Å²) in [4.78, 5) is 10.4. The molecule has 0 saturated heterocycles. The lowest BCUT2D eigenvalue weighted by molar-refractivity contribution is 0.416. The van der Waals surface area contributed by atoms with Gasteiger partial charge in [-0.2, -0.15) is 0 Å². The summed E-state index contributed by atoms with van der Waals surface area (Å²) in [6.07, 6.45) is 2.07. The van der Waals surface area contributed by atoms with Crippen molar-refractivity contribution in [2.75, 3.05) is 26.1 Å². The summed E-state index contributed by atoms with van der Waals surface area (Å²) in [5.74, 6) is 0.523. The van der Waals surface area contributed by atoms with Crippen molar-refractivity contribution >= 4 is 5.69 Å². The molecule has 0 unspecified atom stereocenters. The van der Waals surface area contributed by atoms with Crippen LogP contribution >= 0.6 is 0 Å². The molecule has 3 rings (SSSR count). The summed E-state index contributed by atoms with van der Waals surface area (Å²) in [5, 5.41) is 0. The topological polar surface area (TPSA) is 38.2 Å². The maximum absolute atomic E-state index is 14.2. The van der Waals surface area contributed by atoms with E-state index in [1.165, 1.54) is 6.33 Å². The van der Waals surface area contributed by atoms with Gasteiger partial charge in [-0.05, 0) is 35.9 Å². The van der Waals surface area contributed by atoms with Crippen molar-refractivity contribution in [2.24, 2.45) is 0 Å². The van der Waals surface area contributed by atoms with Crippen LogP contribution in [0.4, 0.5) is 10.1 Å². The third-order valence-corrected chi connectivity index (χ3v) is 3.99. The van der Waals surface area contributed by atoms with E-state index < -0.39 is 0 Å². The number of rotatable bonds is 5. The highest BCUT2D eigenvalue weighted by Gasteiger charge is 2.10. The highest BCUT2D eigenvalue weighted by atomic mass is 19.1. The number of halogens is 1. The molecule has 4 nitrogen and oxygen atoms in total. The van der Waals surface area contributed by atoms with E-state index in [9.17, 15) is 4.39 Å². The Kier molecular flexibility index (Phi) is 4.93. The summed E-state index contributed by atoms with van der Waals surface area (Å²) >= 11 is 0. The minimum atomic E-state index is -0.235. The molecule has 3 aromatic rings. The first-order valence-electron chi connectivity index (χ1n) is 7.98. The van der Waals surface area contributed by atoms with Crippen molar-refractivity contribution in [3.8, 4) is 17.0 Å². The molecule has 0 aliphatic heterocycles. The Morgan fingerprint density at radius 2 is 1.84 bits per heavy atom. The van der Waals surface area contributed by atoms with Gasteiger partial charge in [0.2, 0.25) is 0 Å². The van der Waals surface area contributed by atoms with E-state index in [-0.39, 0.29) is 5.82 Å². The zero-order chi connectivity index (χ0) is 17.8. The van der Waals surface area contributed by atoms with Gasteiger partial charge in [-0.15, -0.1) is 0 Å². The van der Waals surface area contributed by atoms with Gasteiger partial charge in [0.25, 0.3) is 0 Å². The predicted molar refractivity (Wildman–Crippen MR) is 97.6 cm³/mol. The first-order valence-corrected chi connectivity index (χ1v) is 7.98. The normalized spacial score (nSPS) is 10.6. The third kappa shape index (κ3) is 3.76. The fourth-order valence-corrected chi connectivity index (χ4v) is 2.73. The van der Waals surface area contributed by atoms with Crippen LogP contribution in [0.2, 0.25) is 0 Å². The SMILES string of the molecule is COc1ccccc1-c1cc(Cc2ccc(N(C)C)c(F)c2)ncn1. The summed E-state index contributed by atoms with van der Waals surface area (Å²) in [5.41, 5.74) is 3.96. The van der Waals surface area contributed by atoms with Crippen molar-refractivity contribution < 1.29 is 9.13 Å². The first-order chi connectivity index (χ1) is 12.1. The summed E-state index contributed by atoms with van der Waals surface area (Å²) < 4.78 is 19.6. The second kappa shape index (κ2) is 7.30. The second-order valence-electron chi connectivity index (χ2n) is 5.95. The van der Waals surface area contributed by atoms with Crippen LogP contribution in [0.3, 0.4) is 0 Å². The molecule has 0 N–H and O–H groups in total. The lowest BCUT2D eigenvalue weighted by Gasteiger charge is -2.14. The molecule has 0 amide bonds. The van der Waals surface area contributed by atoms with E-state index in [0.717, 1.165) is 28.3 Å². The van der Waals surface area contributed by atoms with Crippen LogP contribution in [0.1, 0.15) is 11.3 Å². The fourth-order valence-electron chi connectivity index (χ4n) is 2.73. The number of hydrogen-bond donors (Lipinski definition) is 0. The van der Waals surface area contributed by atoms with Crippen LogP contribution in [0.25, 0.3) is 11.3 Å². The Balaban J connectivity index is 1.89. The molecule has 0 fully saturated rings.